The predicted octanol–water partition coefficient (Wildman–Crippen LogP) is 0.862. The maximum absolute atomic E-state index is 14.5. The Hall–Kier alpha value is -1.18. The zero-order valence-electron chi connectivity index (χ0n) is 14.1. The van der Waals surface area contributed by atoms with E-state index in [-0.39, 0.29) is 0 Å². The normalized spacial score (nSPS) is 26.7. The third kappa shape index (κ3) is 3.51. The number of morpholine rings is 1. The smallest absolute Gasteiger partial charge is 0.146 e. The first-order valence-electron chi connectivity index (χ1n) is 8.40. The number of aryl methyl sites for hydroxylation is 2. The van der Waals surface area contributed by atoms with Crippen LogP contribution in [0.15, 0.2) is 0 Å². The summed E-state index contributed by atoms with van der Waals surface area (Å²) in [6.45, 7) is 6.62. The molecule has 2 aliphatic rings. The van der Waals surface area contributed by atoms with Crippen molar-refractivity contribution in [1.29, 1.82) is 0 Å². The molecule has 0 aromatic carbocycles. The molecule has 0 saturated carbocycles. The molecular formula is C16H27FN4O2. The van der Waals surface area contributed by atoms with Gasteiger partial charge in [0.15, 0.2) is 0 Å². The first-order valence-corrected chi connectivity index (χ1v) is 8.40. The molecule has 3 heterocycles. The molecule has 2 aliphatic heterocycles. The van der Waals surface area contributed by atoms with Crippen LogP contribution in [0.25, 0.3) is 0 Å². The van der Waals surface area contributed by atoms with Gasteiger partial charge in [-0.2, -0.15) is 5.10 Å². The molecule has 1 unspecified atom stereocenters. The summed E-state index contributed by atoms with van der Waals surface area (Å²) in [6, 6.07) is 0. The van der Waals surface area contributed by atoms with Gasteiger partial charge in [-0.3, -0.25) is 9.58 Å². The standard InChI is InChI=1S/C16H27FN4O2/c1-13-14(10-20-5-3-4-16(17,11-20)12-22)15(19(2)18-13)21-6-8-23-9-7-21/h22H,3-12H2,1-2H3. The number of rotatable bonds is 4. The van der Waals surface area contributed by atoms with Gasteiger partial charge in [0.1, 0.15) is 11.5 Å². The van der Waals surface area contributed by atoms with Gasteiger partial charge in [0.05, 0.1) is 25.5 Å². The van der Waals surface area contributed by atoms with E-state index in [1.54, 1.807) is 0 Å². The van der Waals surface area contributed by atoms with Gasteiger partial charge < -0.3 is 14.7 Å². The third-order valence-corrected chi connectivity index (χ3v) is 4.90. The highest BCUT2D eigenvalue weighted by molar-refractivity contribution is 5.50. The maximum atomic E-state index is 14.5. The lowest BCUT2D eigenvalue weighted by Crippen LogP contribution is -2.47. The zero-order chi connectivity index (χ0) is 16.4. The molecule has 0 aliphatic carbocycles. The van der Waals surface area contributed by atoms with Crippen molar-refractivity contribution in [1.82, 2.24) is 14.7 Å². The number of piperidine rings is 1. The number of alkyl halides is 1. The van der Waals surface area contributed by atoms with Crippen LogP contribution in [0, 0.1) is 6.92 Å². The van der Waals surface area contributed by atoms with Crippen LogP contribution >= 0.6 is 0 Å². The van der Waals surface area contributed by atoms with Crippen LogP contribution in [0.4, 0.5) is 10.2 Å². The fourth-order valence-corrected chi connectivity index (χ4v) is 3.71. The summed E-state index contributed by atoms with van der Waals surface area (Å²) in [5, 5.41) is 13.9. The number of likely N-dealkylation sites (tertiary alicyclic amines) is 1. The molecule has 2 saturated heterocycles. The molecular weight excluding hydrogens is 299 g/mol. The van der Waals surface area contributed by atoms with Gasteiger partial charge >= 0.3 is 0 Å². The van der Waals surface area contributed by atoms with E-state index >= 15 is 0 Å². The molecule has 0 spiro atoms. The molecule has 0 radical (unpaired) electrons. The highest BCUT2D eigenvalue weighted by Crippen LogP contribution is 2.30. The van der Waals surface area contributed by atoms with E-state index in [9.17, 15) is 9.50 Å². The van der Waals surface area contributed by atoms with Crippen molar-refractivity contribution >= 4 is 5.82 Å². The Kier molecular flexibility index (Phi) is 4.89. The Morgan fingerprint density at radius 2 is 2.04 bits per heavy atom. The monoisotopic (exact) mass is 326 g/mol. The molecule has 3 rings (SSSR count). The van der Waals surface area contributed by atoms with E-state index in [0.717, 1.165) is 56.3 Å². The first kappa shape index (κ1) is 16.7. The van der Waals surface area contributed by atoms with Crippen molar-refractivity contribution < 1.29 is 14.2 Å². The lowest BCUT2D eigenvalue weighted by molar-refractivity contribution is -0.00388. The van der Waals surface area contributed by atoms with Crippen molar-refractivity contribution in [3.8, 4) is 0 Å². The van der Waals surface area contributed by atoms with Crippen LogP contribution in [0.5, 0.6) is 0 Å². The zero-order valence-corrected chi connectivity index (χ0v) is 14.1. The Balaban J connectivity index is 1.79. The third-order valence-electron chi connectivity index (χ3n) is 4.90. The van der Waals surface area contributed by atoms with E-state index in [2.05, 4.69) is 14.9 Å². The number of aromatic nitrogens is 2. The number of nitrogens with zero attached hydrogens (tertiary/aromatic N) is 4. The van der Waals surface area contributed by atoms with Gasteiger partial charge in [-0.25, -0.2) is 4.39 Å². The summed E-state index contributed by atoms with van der Waals surface area (Å²) in [6.07, 6.45) is 1.23. The molecule has 130 valence electrons. The molecule has 1 atom stereocenters. The second kappa shape index (κ2) is 6.75. The molecule has 0 bridgehead atoms. The van der Waals surface area contributed by atoms with Crippen molar-refractivity contribution in [2.24, 2.45) is 7.05 Å². The van der Waals surface area contributed by atoms with Crippen LogP contribution < -0.4 is 4.90 Å². The molecule has 6 nitrogen and oxygen atoms in total. The average Bonchev–Trinajstić information content (AvgIpc) is 2.82. The molecule has 0 amide bonds. The van der Waals surface area contributed by atoms with Crippen LogP contribution in [0.1, 0.15) is 24.1 Å². The van der Waals surface area contributed by atoms with E-state index in [1.807, 2.05) is 18.7 Å². The first-order chi connectivity index (χ1) is 11.0. The van der Waals surface area contributed by atoms with Crippen molar-refractivity contribution in [3.05, 3.63) is 11.3 Å². The summed E-state index contributed by atoms with van der Waals surface area (Å²) in [5.41, 5.74) is 0.692. The van der Waals surface area contributed by atoms with Gasteiger partial charge in [0.25, 0.3) is 0 Å². The quantitative estimate of drug-likeness (QED) is 0.889. The number of hydrogen-bond acceptors (Lipinski definition) is 5. The van der Waals surface area contributed by atoms with Crippen molar-refractivity contribution in [2.75, 3.05) is 50.9 Å². The number of halogens is 1. The summed E-state index contributed by atoms with van der Waals surface area (Å²) in [4.78, 5) is 4.41. The Morgan fingerprint density at radius 1 is 1.30 bits per heavy atom. The van der Waals surface area contributed by atoms with Gasteiger partial charge in [0, 0.05) is 38.8 Å². The van der Waals surface area contributed by atoms with E-state index in [1.165, 1.54) is 0 Å². The Bertz CT molecular complexity index is 544. The Morgan fingerprint density at radius 3 is 2.74 bits per heavy atom. The SMILES string of the molecule is Cc1nn(C)c(N2CCOCC2)c1CN1CCCC(F)(CO)C1. The number of hydrogen-bond donors (Lipinski definition) is 1. The van der Waals surface area contributed by atoms with Gasteiger partial charge in [-0.05, 0) is 26.3 Å². The maximum Gasteiger partial charge on any atom is 0.146 e. The van der Waals surface area contributed by atoms with Gasteiger partial charge in [0.2, 0.25) is 0 Å². The predicted molar refractivity (Wildman–Crippen MR) is 86.4 cm³/mol. The van der Waals surface area contributed by atoms with E-state index in [4.69, 9.17) is 4.74 Å². The van der Waals surface area contributed by atoms with Crippen LogP contribution in [0.2, 0.25) is 0 Å². The van der Waals surface area contributed by atoms with E-state index in [0.29, 0.717) is 19.5 Å². The minimum atomic E-state index is -1.46. The largest absolute Gasteiger partial charge is 0.393 e. The highest BCUT2D eigenvalue weighted by atomic mass is 19.1. The lowest BCUT2D eigenvalue weighted by atomic mass is 9.95. The summed E-state index contributed by atoms with van der Waals surface area (Å²) >= 11 is 0. The summed E-state index contributed by atoms with van der Waals surface area (Å²) < 4.78 is 21.8. The Labute approximate surface area is 136 Å². The van der Waals surface area contributed by atoms with Crippen molar-refractivity contribution in [3.63, 3.8) is 0 Å². The van der Waals surface area contributed by atoms with Gasteiger partial charge in [-0.1, -0.05) is 0 Å². The molecule has 1 aromatic rings. The fourth-order valence-electron chi connectivity index (χ4n) is 3.71. The molecule has 2 fully saturated rings. The second-order valence-corrected chi connectivity index (χ2v) is 6.73. The number of anilines is 1. The topological polar surface area (TPSA) is 53.8 Å². The lowest BCUT2D eigenvalue weighted by Gasteiger charge is -2.37. The molecule has 1 aromatic heterocycles. The van der Waals surface area contributed by atoms with Crippen LogP contribution in [0.3, 0.4) is 0 Å². The number of aliphatic hydroxyl groups excluding tert-OH is 1. The van der Waals surface area contributed by atoms with E-state index < -0.39 is 12.3 Å². The average molecular weight is 326 g/mol. The molecule has 7 heteroatoms. The second-order valence-electron chi connectivity index (χ2n) is 6.73. The van der Waals surface area contributed by atoms with Crippen LogP contribution in [-0.2, 0) is 18.3 Å². The summed E-state index contributed by atoms with van der Waals surface area (Å²) in [7, 11) is 1.96. The van der Waals surface area contributed by atoms with Crippen LogP contribution in [-0.4, -0.2) is 71.5 Å². The fraction of sp³-hybridized carbons (Fsp3) is 0.812. The number of aliphatic hydroxyl groups is 1. The highest BCUT2D eigenvalue weighted by Gasteiger charge is 2.35. The molecule has 23 heavy (non-hydrogen) atoms. The minimum absolute atomic E-state index is 0.292. The van der Waals surface area contributed by atoms with Crippen molar-refractivity contribution in [2.45, 2.75) is 32.0 Å². The summed E-state index contributed by atoms with van der Waals surface area (Å²) in [5.74, 6) is 1.12. The molecule has 1 N–H and O–H groups in total. The minimum Gasteiger partial charge on any atom is -0.393 e. The van der Waals surface area contributed by atoms with Gasteiger partial charge in [-0.15, -0.1) is 0 Å². The number of ether oxygens (including phenoxy) is 1.